The van der Waals surface area contributed by atoms with Gasteiger partial charge in [0.2, 0.25) is 0 Å². The summed E-state index contributed by atoms with van der Waals surface area (Å²) in [6.45, 7) is 11.2. The van der Waals surface area contributed by atoms with E-state index in [0.717, 1.165) is 25.4 Å². The average molecular weight is 249 g/mol. The summed E-state index contributed by atoms with van der Waals surface area (Å²) in [7, 11) is 0. The van der Waals surface area contributed by atoms with Crippen LogP contribution < -0.4 is 5.32 Å². The second-order valence-corrected chi connectivity index (χ2v) is 6.58. The summed E-state index contributed by atoms with van der Waals surface area (Å²) < 4.78 is 2.06. The molecular formula is C15H27N3. The molecule has 3 heteroatoms. The minimum atomic E-state index is 0.466. The Kier molecular flexibility index (Phi) is 4.10. The first-order valence-corrected chi connectivity index (χ1v) is 7.25. The van der Waals surface area contributed by atoms with Crippen molar-refractivity contribution in [3.63, 3.8) is 0 Å². The van der Waals surface area contributed by atoms with Gasteiger partial charge in [-0.25, -0.2) is 0 Å². The van der Waals surface area contributed by atoms with Gasteiger partial charge < -0.3 is 5.32 Å². The molecule has 0 unspecified atom stereocenters. The zero-order valence-corrected chi connectivity index (χ0v) is 12.2. The van der Waals surface area contributed by atoms with E-state index in [1.807, 2.05) is 0 Å². The highest BCUT2D eigenvalue weighted by molar-refractivity contribution is 5.09. The largest absolute Gasteiger partial charge is 0.316 e. The Hall–Kier alpha value is -0.830. The van der Waals surface area contributed by atoms with E-state index >= 15 is 0 Å². The van der Waals surface area contributed by atoms with Crippen molar-refractivity contribution < 1.29 is 0 Å². The molecule has 18 heavy (non-hydrogen) atoms. The van der Waals surface area contributed by atoms with E-state index in [0.29, 0.717) is 11.5 Å². The van der Waals surface area contributed by atoms with Gasteiger partial charge in [0.25, 0.3) is 0 Å². The van der Waals surface area contributed by atoms with Crippen LogP contribution in [-0.2, 0) is 6.42 Å². The number of hydrogen-bond acceptors (Lipinski definition) is 2. The van der Waals surface area contributed by atoms with E-state index in [9.17, 15) is 0 Å². The monoisotopic (exact) mass is 249 g/mol. The van der Waals surface area contributed by atoms with Gasteiger partial charge in [-0.05, 0) is 57.1 Å². The summed E-state index contributed by atoms with van der Waals surface area (Å²) in [4.78, 5) is 0. The fourth-order valence-corrected chi connectivity index (χ4v) is 2.36. The second kappa shape index (κ2) is 5.43. The smallest absolute Gasteiger partial charge is 0.0630 e. The molecule has 2 rings (SSSR count). The van der Waals surface area contributed by atoms with Crippen molar-refractivity contribution in [2.75, 3.05) is 13.1 Å². The van der Waals surface area contributed by atoms with Crippen molar-refractivity contribution in [2.45, 2.75) is 53.0 Å². The van der Waals surface area contributed by atoms with Crippen LogP contribution in [0.2, 0.25) is 0 Å². The van der Waals surface area contributed by atoms with Gasteiger partial charge in [-0.3, -0.25) is 4.68 Å². The van der Waals surface area contributed by atoms with Crippen LogP contribution in [0.4, 0.5) is 0 Å². The van der Waals surface area contributed by atoms with Gasteiger partial charge in [0, 0.05) is 18.8 Å². The third-order valence-corrected chi connectivity index (χ3v) is 3.76. The van der Waals surface area contributed by atoms with Crippen molar-refractivity contribution >= 4 is 0 Å². The van der Waals surface area contributed by atoms with Crippen LogP contribution in [0.5, 0.6) is 0 Å². The third-order valence-electron chi connectivity index (χ3n) is 3.76. The lowest BCUT2D eigenvalue weighted by molar-refractivity contribution is 0.424. The highest BCUT2D eigenvalue weighted by atomic mass is 15.3. The number of hydrogen-bond donors (Lipinski definition) is 1. The average Bonchev–Trinajstić information content (AvgIpc) is 2.87. The minimum absolute atomic E-state index is 0.466. The molecule has 0 aromatic carbocycles. The first-order valence-electron chi connectivity index (χ1n) is 7.25. The minimum Gasteiger partial charge on any atom is -0.316 e. The third kappa shape index (κ3) is 3.58. The van der Waals surface area contributed by atoms with Gasteiger partial charge in [-0.2, -0.15) is 5.10 Å². The number of rotatable bonds is 7. The lowest BCUT2D eigenvalue weighted by Gasteiger charge is -2.16. The quantitative estimate of drug-likeness (QED) is 0.805. The topological polar surface area (TPSA) is 29.9 Å². The van der Waals surface area contributed by atoms with Crippen molar-refractivity contribution in [1.82, 2.24) is 15.1 Å². The Balaban J connectivity index is 1.84. The summed E-state index contributed by atoms with van der Waals surface area (Å²) in [6.07, 6.45) is 5.95. The first-order chi connectivity index (χ1) is 8.51. The Morgan fingerprint density at radius 3 is 2.56 bits per heavy atom. The fourth-order valence-electron chi connectivity index (χ4n) is 2.36. The predicted octanol–water partition coefficient (Wildman–Crippen LogP) is 3.03. The maximum atomic E-state index is 4.67. The van der Waals surface area contributed by atoms with Crippen LogP contribution in [0.3, 0.4) is 0 Å². The molecule has 0 radical (unpaired) electrons. The van der Waals surface area contributed by atoms with Gasteiger partial charge >= 0.3 is 0 Å². The molecule has 1 aliphatic rings. The maximum Gasteiger partial charge on any atom is 0.0630 e. The molecule has 1 aromatic rings. The molecule has 1 aromatic heterocycles. The predicted molar refractivity (Wildman–Crippen MR) is 75.7 cm³/mol. The Morgan fingerprint density at radius 2 is 2.06 bits per heavy atom. The Bertz CT molecular complexity index is 375. The summed E-state index contributed by atoms with van der Waals surface area (Å²) in [5.41, 5.74) is 1.76. The summed E-state index contributed by atoms with van der Waals surface area (Å²) in [5.74, 6) is 0.737. The zero-order chi connectivity index (χ0) is 13.2. The molecule has 1 aliphatic carbocycles. The van der Waals surface area contributed by atoms with Gasteiger partial charge in [-0.1, -0.05) is 13.8 Å². The molecule has 0 aliphatic heterocycles. The van der Waals surface area contributed by atoms with Crippen molar-refractivity contribution in [2.24, 2.45) is 11.3 Å². The molecule has 0 atom stereocenters. The lowest BCUT2D eigenvalue weighted by Crippen LogP contribution is -2.28. The fraction of sp³-hybridized carbons (Fsp3) is 0.800. The van der Waals surface area contributed by atoms with Gasteiger partial charge in [0.05, 0.1) is 5.69 Å². The highest BCUT2D eigenvalue weighted by Crippen LogP contribution is 2.47. The molecule has 1 heterocycles. The molecule has 3 nitrogen and oxygen atoms in total. The molecular weight excluding hydrogens is 222 g/mol. The van der Waals surface area contributed by atoms with E-state index in [-0.39, 0.29) is 0 Å². The van der Waals surface area contributed by atoms with Crippen molar-refractivity contribution in [1.29, 1.82) is 0 Å². The summed E-state index contributed by atoms with van der Waals surface area (Å²) in [5, 5.41) is 8.27. The molecule has 1 N–H and O–H groups in total. The Labute approximate surface area is 111 Å². The molecule has 0 bridgehead atoms. The van der Waals surface area contributed by atoms with Gasteiger partial charge in [0.15, 0.2) is 0 Å². The molecule has 0 saturated heterocycles. The first kappa shape index (κ1) is 13.6. The van der Waals surface area contributed by atoms with Crippen LogP contribution in [0.1, 0.15) is 52.3 Å². The lowest BCUT2D eigenvalue weighted by atomic mass is 10.00. The van der Waals surface area contributed by atoms with E-state index in [4.69, 9.17) is 0 Å². The number of nitrogens with zero attached hydrogens (tertiary/aromatic N) is 2. The number of aromatic nitrogens is 2. The summed E-state index contributed by atoms with van der Waals surface area (Å²) in [6, 6.07) is 2.65. The molecule has 1 saturated carbocycles. The Morgan fingerprint density at radius 1 is 1.33 bits per heavy atom. The molecule has 102 valence electrons. The van der Waals surface area contributed by atoms with Crippen LogP contribution in [0.25, 0.3) is 0 Å². The van der Waals surface area contributed by atoms with Crippen LogP contribution >= 0.6 is 0 Å². The van der Waals surface area contributed by atoms with Gasteiger partial charge in [0.1, 0.15) is 0 Å². The normalized spacial score (nSPS) is 17.7. The van der Waals surface area contributed by atoms with E-state index in [1.165, 1.54) is 18.5 Å². The van der Waals surface area contributed by atoms with Crippen molar-refractivity contribution in [3.05, 3.63) is 18.0 Å². The molecule has 0 spiro atoms. The maximum absolute atomic E-state index is 4.67. The second-order valence-electron chi connectivity index (χ2n) is 6.58. The molecule has 0 amide bonds. The van der Waals surface area contributed by atoms with Gasteiger partial charge in [-0.15, -0.1) is 0 Å². The number of nitrogens with one attached hydrogen (secondary N) is 1. The van der Waals surface area contributed by atoms with E-state index in [2.05, 4.69) is 55.1 Å². The van der Waals surface area contributed by atoms with Crippen LogP contribution in [0, 0.1) is 11.3 Å². The summed E-state index contributed by atoms with van der Waals surface area (Å²) >= 11 is 0. The SMILES string of the molecule is CC(C)CNCC1(Cc2ccn(C(C)C)n2)CC1. The van der Waals surface area contributed by atoms with Crippen LogP contribution in [-0.4, -0.2) is 22.9 Å². The zero-order valence-electron chi connectivity index (χ0n) is 12.2. The molecule has 1 fully saturated rings. The van der Waals surface area contributed by atoms with Crippen molar-refractivity contribution in [3.8, 4) is 0 Å². The standard InChI is InChI=1S/C15H27N3/c1-12(2)10-16-11-15(6-7-15)9-14-5-8-18(17-14)13(3)4/h5,8,12-13,16H,6-7,9-11H2,1-4H3. The van der Waals surface area contributed by atoms with E-state index < -0.39 is 0 Å². The highest BCUT2D eigenvalue weighted by Gasteiger charge is 2.42. The van der Waals surface area contributed by atoms with E-state index in [1.54, 1.807) is 0 Å². The van der Waals surface area contributed by atoms with Crippen LogP contribution in [0.15, 0.2) is 12.3 Å².